The van der Waals surface area contributed by atoms with E-state index in [1.165, 1.54) is 51.4 Å². The Morgan fingerprint density at radius 3 is 1.52 bits per heavy atom. The average Bonchev–Trinajstić information content (AvgIpc) is 2.58. The maximum atomic E-state index is 12.7. The molecule has 2 unspecified atom stereocenters. The first-order chi connectivity index (χ1) is 11.1. The van der Waals surface area contributed by atoms with Crippen LogP contribution < -0.4 is 0 Å². The van der Waals surface area contributed by atoms with Crippen molar-refractivity contribution in [3.8, 4) is 0 Å². The molecule has 0 rings (SSSR count). The van der Waals surface area contributed by atoms with Crippen LogP contribution in [0, 0.1) is 11.8 Å². The SMILES string of the molecule is CCCCC(=O)N(CC(CC)CCCC)CC(CC)CCCC. The number of amides is 1. The molecule has 23 heavy (non-hydrogen) atoms. The largest absolute Gasteiger partial charge is 0.342 e. The Morgan fingerprint density at radius 2 is 1.17 bits per heavy atom. The number of unbranched alkanes of at least 4 members (excludes halogenated alkanes) is 3. The van der Waals surface area contributed by atoms with Gasteiger partial charge in [-0.3, -0.25) is 4.79 Å². The first-order valence-corrected chi connectivity index (χ1v) is 10.4. The molecule has 0 fully saturated rings. The van der Waals surface area contributed by atoms with Crippen LogP contribution in [0.2, 0.25) is 0 Å². The monoisotopic (exact) mass is 325 g/mol. The number of rotatable bonds is 15. The highest BCUT2D eigenvalue weighted by Gasteiger charge is 2.20. The smallest absolute Gasteiger partial charge is 0.222 e. The second-order valence-electron chi connectivity index (χ2n) is 7.24. The standard InChI is InChI=1S/C21H43NO/c1-6-11-14-19(9-4)17-22(21(23)16-13-8-3)18-20(10-5)15-12-7-2/h19-20H,6-18H2,1-5H3. The summed E-state index contributed by atoms with van der Waals surface area (Å²) in [7, 11) is 0. The molecule has 0 aliphatic rings. The van der Waals surface area contributed by atoms with E-state index in [9.17, 15) is 4.79 Å². The van der Waals surface area contributed by atoms with Crippen LogP contribution in [0.5, 0.6) is 0 Å². The quantitative estimate of drug-likeness (QED) is 0.339. The molecule has 0 radical (unpaired) electrons. The number of nitrogens with zero attached hydrogens (tertiary/aromatic N) is 1. The summed E-state index contributed by atoms with van der Waals surface area (Å²) in [5.74, 6) is 1.77. The first kappa shape index (κ1) is 22.5. The lowest BCUT2D eigenvalue weighted by molar-refractivity contribution is -0.132. The van der Waals surface area contributed by atoms with Crippen molar-refractivity contribution in [2.45, 2.75) is 105 Å². The number of carbonyl (C=O) groups is 1. The van der Waals surface area contributed by atoms with Crippen LogP contribution in [-0.4, -0.2) is 23.9 Å². The Hall–Kier alpha value is -0.530. The normalized spacial score (nSPS) is 13.8. The van der Waals surface area contributed by atoms with Crippen LogP contribution in [0.15, 0.2) is 0 Å². The summed E-state index contributed by atoms with van der Waals surface area (Å²) in [6.07, 6.45) is 12.9. The van der Waals surface area contributed by atoms with Crippen molar-refractivity contribution in [2.75, 3.05) is 13.1 Å². The van der Waals surface area contributed by atoms with Gasteiger partial charge in [-0.2, -0.15) is 0 Å². The molecule has 0 aromatic rings. The third-order valence-corrected chi connectivity index (χ3v) is 5.14. The molecule has 0 aliphatic carbocycles. The highest BCUT2D eigenvalue weighted by molar-refractivity contribution is 5.76. The van der Waals surface area contributed by atoms with Crippen LogP contribution in [0.25, 0.3) is 0 Å². The molecule has 2 heteroatoms. The molecule has 0 aliphatic heterocycles. The first-order valence-electron chi connectivity index (χ1n) is 10.4. The predicted molar refractivity (Wildman–Crippen MR) is 103 cm³/mol. The van der Waals surface area contributed by atoms with E-state index in [0.29, 0.717) is 17.7 Å². The summed E-state index contributed by atoms with van der Waals surface area (Å²) in [5, 5.41) is 0. The van der Waals surface area contributed by atoms with Crippen LogP contribution >= 0.6 is 0 Å². The molecule has 2 atom stereocenters. The molecule has 0 saturated carbocycles. The topological polar surface area (TPSA) is 20.3 Å². The van der Waals surface area contributed by atoms with Crippen molar-refractivity contribution in [2.24, 2.45) is 11.8 Å². The number of carbonyl (C=O) groups excluding carboxylic acids is 1. The zero-order chi connectivity index (χ0) is 17.5. The second kappa shape index (κ2) is 15.0. The van der Waals surface area contributed by atoms with Gasteiger partial charge in [-0.1, -0.05) is 79.6 Å². The Morgan fingerprint density at radius 1 is 0.739 bits per heavy atom. The fraction of sp³-hybridized carbons (Fsp3) is 0.952. The molecule has 0 N–H and O–H groups in total. The third kappa shape index (κ3) is 10.8. The van der Waals surface area contributed by atoms with E-state index in [0.717, 1.165) is 32.4 Å². The summed E-state index contributed by atoms with van der Waals surface area (Å²) in [6, 6.07) is 0. The van der Waals surface area contributed by atoms with E-state index in [1.807, 2.05) is 0 Å². The Balaban J connectivity index is 4.73. The highest BCUT2D eigenvalue weighted by Crippen LogP contribution is 2.20. The molecule has 0 heterocycles. The van der Waals surface area contributed by atoms with Crippen molar-refractivity contribution in [1.82, 2.24) is 4.90 Å². The lowest BCUT2D eigenvalue weighted by Gasteiger charge is -2.31. The highest BCUT2D eigenvalue weighted by atomic mass is 16.2. The van der Waals surface area contributed by atoms with E-state index in [4.69, 9.17) is 0 Å². The molecular weight excluding hydrogens is 282 g/mol. The van der Waals surface area contributed by atoms with E-state index in [-0.39, 0.29) is 0 Å². The minimum Gasteiger partial charge on any atom is -0.342 e. The van der Waals surface area contributed by atoms with Crippen LogP contribution in [0.4, 0.5) is 0 Å². The van der Waals surface area contributed by atoms with Gasteiger partial charge >= 0.3 is 0 Å². The maximum absolute atomic E-state index is 12.7. The predicted octanol–water partition coefficient (Wildman–Crippen LogP) is 6.44. The zero-order valence-corrected chi connectivity index (χ0v) is 16.7. The fourth-order valence-electron chi connectivity index (χ4n) is 3.22. The number of hydrogen-bond donors (Lipinski definition) is 0. The van der Waals surface area contributed by atoms with Crippen molar-refractivity contribution in [3.63, 3.8) is 0 Å². The summed E-state index contributed by atoms with van der Waals surface area (Å²) in [5.41, 5.74) is 0. The van der Waals surface area contributed by atoms with E-state index in [1.54, 1.807) is 0 Å². The van der Waals surface area contributed by atoms with E-state index < -0.39 is 0 Å². The molecule has 0 saturated heterocycles. The van der Waals surface area contributed by atoms with Gasteiger partial charge in [0.05, 0.1) is 0 Å². The minimum atomic E-state index is 0.400. The van der Waals surface area contributed by atoms with Gasteiger partial charge in [0.25, 0.3) is 0 Å². The fourth-order valence-corrected chi connectivity index (χ4v) is 3.22. The Kier molecular flexibility index (Phi) is 14.7. The molecule has 1 amide bonds. The molecular formula is C21H43NO. The van der Waals surface area contributed by atoms with Crippen LogP contribution in [0.3, 0.4) is 0 Å². The van der Waals surface area contributed by atoms with Crippen molar-refractivity contribution < 1.29 is 4.79 Å². The molecule has 0 aromatic carbocycles. The average molecular weight is 326 g/mol. The third-order valence-electron chi connectivity index (χ3n) is 5.14. The molecule has 138 valence electrons. The maximum Gasteiger partial charge on any atom is 0.222 e. The molecule has 2 nitrogen and oxygen atoms in total. The Labute approximate surface area is 146 Å². The Bertz CT molecular complexity index is 259. The van der Waals surface area contributed by atoms with Gasteiger partial charge < -0.3 is 4.90 Å². The lowest BCUT2D eigenvalue weighted by Crippen LogP contribution is -2.38. The van der Waals surface area contributed by atoms with Gasteiger partial charge in [-0.05, 0) is 31.1 Å². The second-order valence-corrected chi connectivity index (χ2v) is 7.24. The van der Waals surface area contributed by atoms with Gasteiger partial charge in [0, 0.05) is 19.5 Å². The van der Waals surface area contributed by atoms with E-state index in [2.05, 4.69) is 39.5 Å². The van der Waals surface area contributed by atoms with Crippen molar-refractivity contribution >= 4 is 5.91 Å². The summed E-state index contributed by atoms with van der Waals surface area (Å²) in [4.78, 5) is 14.9. The van der Waals surface area contributed by atoms with Crippen LogP contribution in [0.1, 0.15) is 105 Å². The van der Waals surface area contributed by atoms with E-state index >= 15 is 0 Å². The molecule has 0 spiro atoms. The summed E-state index contributed by atoms with van der Waals surface area (Å²) in [6.45, 7) is 13.2. The molecule has 0 bridgehead atoms. The van der Waals surface area contributed by atoms with Gasteiger partial charge in [0.15, 0.2) is 0 Å². The summed E-state index contributed by atoms with van der Waals surface area (Å²) < 4.78 is 0. The van der Waals surface area contributed by atoms with Crippen molar-refractivity contribution in [3.05, 3.63) is 0 Å². The van der Waals surface area contributed by atoms with Gasteiger partial charge in [-0.25, -0.2) is 0 Å². The lowest BCUT2D eigenvalue weighted by atomic mass is 9.95. The van der Waals surface area contributed by atoms with Gasteiger partial charge in [-0.15, -0.1) is 0 Å². The van der Waals surface area contributed by atoms with Gasteiger partial charge in [0.1, 0.15) is 0 Å². The number of hydrogen-bond acceptors (Lipinski definition) is 1. The summed E-state index contributed by atoms with van der Waals surface area (Å²) >= 11 is 0. The minimum absolute atomic E-state index is 0.400. The van der Waals surface area contributed by atoms with Crippen LogP contribution in [-0.2, 0) is 4.79 Å². The van der Waals surface area contributed by atoms with Crippen molar-refractivity contribution in [1.29, 1.82) is 0 Å². The van der Waals surface area contributed by atoms with Gasteiger partial charge in [0.2, 0.25) is 5.91 Å². The molecule has 0 aromatic heterocycles. The zero-order valence-electron chi connectivity index (χ0n) is 16.7.